The van der Waals surface area contributed by atoms with Crippen molar-refractivity contribution in [3.05, 3.63) is 35.9 Å². The molecule has 2 heterocycles. The lowest BCUT2D eigenvalue weighted by Gasteiger charge is -2.08. The molecule has 90 valence electrons. The topological polar surface area (TPSA) is 43.5 Å². The molecule has 0 aromatic heterocycles. The molecular weight excluding hydrogens is 212 g/mol. The molecule has 0 aliphatic carbocycles. The number of nitrogens with one attached hydrogen (secondary N) is 1. The maximum absolute atomic E-state index is 5.73. The molecule has 3 heteroatoms. The standard InChI is InChI=1S/C14H18N2O/c1-13(2)9-17-12(16-13)14(3)11(15-14)10-7-5-4-6-8-10/h4-8,11,15H,9H2,1-3H3/t11?,14-/m0/s1. The molecule has 3 nitrogen and oxygen atoms in total. The Morgan fingerprint density at radius 1 is 1.24 bits per heavy atom. The van der Waals surface area contributed by atoms with Crippen molar-refractivity contribution in [2.75, 3.05) is 6.61 Å². The van der Waals surface area contributed by atoms with E-state index < -0.39 is 0 Å². The summed E-state index contributed by atoms with van der Waals surface area (Å²) in [5.74, 6) is 0.858. The largest absolute Gasteiger partial charge is 0.477 e. The third-order valence-electron chi connectivity index (χ3n) is 3.48. The third-order valence-corrected chi connectivity index (χ3v) is 3.48. The van der Waals surface area contributed by atoms with E-state index in [0.717, 1.165) is 5.90 Å². The van der Waals surface area contributed by atoms with E-state index in [1.807, 2.05) is 6.07 Å². The summed E-state index contributed by atoms with van der Waals surface area (Å²) in [6, 6.07) is 10.8. The number of rotatable bonds is 2. The van der Waals surface area contributed by atoms with Crippen LogP contribution in [0, 0.1) is 0 Å². The van der Waals surface area contributed by atoms with E-state index in [4.69, 9.17) is 4.74 Å². The highest BCUT2D eigenvalue weighted by atomic mass is 16.5. The molecular formula is C14H18N2O. The van der Waals surface area contributed by atoms with Gasteiger partial charge in [-0.1, -0.05) is 30.3 Å². The summed E-state index contributed by atoms with van der Waals surface area (Å²) in [4.78, 5) is 4.66. The molecule has 0 bridgehead atoms. The number of ether oxygens (including phenoxy) is 1. The maximum atomic E-state index is 5.73. The van der Waals surface area contributed by atoms with Crippen molar-refractivity contribution < 1.29 is 4.74 Å². The van der Waals surface area contributed by atoms with Crippen molar-refractivity contribution in [2.24, 2.45) is 4.99 Å². The zero-order chi connectivity index (χ0) is 12.1. The van der Waals surface area contributed by atoms with Gasteiger partial charge in [-0.2, -0.15) is 0 Å². The summed E-state index contributed by atoms with van der Waals surface area (Å²) < 4.78 is 5.73. The first-order valence-electron chi connectivity index (χ1n) is 6.07. The summed E-state index contributed by atoms with van der Waals surface area (Å²) in [6.45, 7) is 7.04. The highest BCUT2D eigenvalue weighted by molar-refractivity contribution is 5.92. The van der Waals surface area contributed by atoms with Crippen LogP contribution in [-0.2, 0) is 4.74 Å². The van der Waals surface area contributed by atoms with Crippen LogP contribution in [0.2, 0.25) is 0 Å². The van der Waals surface area contributed by atoms with Crippen LogP contribution in [0.3, 0.4) is 0 Å². The molecule has 1 aromatic rings. The minimum Gasteiger partial charge on any atom is -0.477 e. The lowest BCUT2D eigenvalue weighted by Crippen LogP contribution is -2.24. The molecule has 2 atom stereocenters. The van der Waals surface area contributed by atoms with Gasteiger partial charge in [0.05, 0.1) is 11.6 Å². The first kappa shape index (κ1) is 10.8. The molecule has 1 aromatic carbocycles. The molecule has 17 heavy (non-hydrogen) atoms. The maximum Gasteiger partial charge on any atom is 0.206 e. The quantitative estimate of drug-likeness (QED) is 0.792. The smallest absolute Gasteiger partial charge is 0.206 e. The van der Waals surface area contributed by atoms with E-state index in [1.54, 1.807) is 0 Å². The fraction of sp³-hybridized carbons (Fsp3) is 0.500. The molecule has 1 fully saturated rings. The van der Waals surface area contributed by atoms with Crippen LogP contribution in [0.1, 0.15) is 32.4 Å². The second kappa shape index (κ2) is 3.33. The molecule has 1 N–H and O–H groups in total. The van der Waals surface area contributed by atoms with Gasteiger partial charge in [-0.25, -0.2) is 4.99 Å². The number of nitrogens with zero attached hydrogens (tertiary/aromatic N) is 1. The van der Waals surface area contributed by atoms with E-state index in [2.05, 4.69) is 55.3 Å². The van der Waals surface area contributed by atoms with Crippen LogP contribution < -0.4 is 5.32 Å². The van der Waals surface area contributed by atoms with Crippen LogP contribution in [0.5, 0.6) is 0 Å². The Bertz CT molecular complexity index is 466. The first-order valence-corrected chi connectivity index (χ1v) is 6.07. The predicted molar refractivity (Wildman–Crippen MR) is 68.2 cm³/mol. The molecule has 1 saturated heterocycles. The van der Waals surface area contributed by atoms with Crippen molar-refractivity contribution in [1.82, 2.24) is 5.32 Å². The van der Waals surface area contributed by atoms with Crippen molar-refractivity contribution in [3.63, 3.8) is 0 Å². The molecule has 0 saturated carbocycles. The van der Waals surface area contributed by atoms with Crippen LogP contribution in [0.4, 0.5) is 0 Å². The summed E-state index contributed by atoms with van der Waals surface area (Å²) in [6.07, 6.45) is 0. The summed E-state index contributed by atoms with van der Waals surface area (Å²) in [5.41, 5.74) is 1.10. The van der Waals surface area contributed by atoms with Gasteiger partial charge in [0, 0.05) is 0 Å². The highest BCUT2D eigenvalue weighted by Gasteiger charge is 2.57. The second-order valence-corrected chi connectivity index (χ2v) is 5.71. The van der Waals surface area contributed by atoms with Gasteiger partial charge in [0.25, 0.3) is 0 Å². The Hall–Kier alpha value is -1.35. The van der Waals surface area contributed by atoms with Crippen molar-refractivity contribution in [2.45, 2.75) is 37.9 Å². The predicted octanol–water partition coefficient (Wildman–Crippen LogP) is 2.30. The Morgan fingerprint density at radius 3 is 2.53 bits per heavy atom. The minimum atomic E-state index is -0.116. The lowest BCUT2D eigenvalue weighted by atomic mass is 10.0. The minimum absolute atomic E-state index is 0.0795. The van der Waals surface area contributed by atoms with Crippen LogP contribution in [-0.4, -0.2) is 23.6 Å². The molecule has 2 aliphatic rings. The Balaban J connectivity index is 1.83. The van der Waals surface area contributed by atoms with E-state index in [9.17, 15) is 0 Å². The molecule has 1 unspecified atom stereocenters. The Morgan fingerprint density at radius 2 is 1.94 bits per heavy atom. The number of benzene rings is 1. The molecule has 0 amide bonds. The summed E-state index contributed by atoms with van der Waals surface area (Å²) in [7, 11) is 0. The van der Waals surface area contributed by atoms with Crippen molar-refractivity contribution in [1.29, 1.82) is 0 Å². The lowest BCUT2D eigenvalue weighted by molar-refractivity contribution is 0.269. The normalized spacial score (nSPS) is 34.1. The van der Waals surface area contributed by atoms with Gasteiger partial charge in [0.2, 0.25) is 5.90 Å². The fourth-order valence-electron chi connectivity index (χ4n) is 2.36. The van der Waals surface area contributed by atoms with Gasteiger partial charge in [0.1, 0.15) is 12.1 Å². The van der Waals surface area contributed by atoms with Gasteiger partial charge in [-0.3, -0.25) is 5.32 Å². The first-order chi connectivity index (χ1) is 8.01. The average molecular weight is 230 g/mol. The van der Waals surface area contributed by atoms with Gasteiger partial charge >= 0.3 is 0 Å². The second-order valence-electron chi connectivity index (χ2n) is 5.71. The van der Waals surface area contributed by atoms with Crippen molar-refractivity contribution in [3.8, 4) is 0 Å². The van der Waals surface area contributed by atoms with Gasteiger partial charge < -0.3 is 4.74 Å². The fourth-order valence-corrected chi connectivity index (χ4v) is 2.36. The Kier molecular flexibility index (Phi) is 2.11. The highest BCUT2D eigenvalue weighted by Crippen LogP contribution is 2.43. The average Bonchev–Trinajstić information content (AvgIpc) is 2.86. The molecule has 2 aliphatic heterocycles. The number of aliphatic imine (C=N–C) groups is 1. The van der Waals surface area contributed by atoms with E-state index >= 15 is 0 Å². The van der Waals surface area contributed by atoms with E-state index in [0.29, 0.717) is 12.6 Å². The number of hydrogen-bond donors (Lipinski definition) is 1. The van der Waals surface area contributed by atoms with Gasteiger partial charge in [-0.15, -0.1) is 0 Å². The molecule has 3 rings (SSSR count). The van der Waals surface area contributed by atoms with E-state index in [1.165, 1.54) is 5.56 Å². The molecule has 0 spiro atoms. The number of hydrogen-bond acceptors (Lipinski definition) is 3. The SMILES string of the molecule is CC1(C)COC([C@@]2(C)NC2c2ccccc2)=N1. The monoisotopic (exact) mass is 230 g/mol. The Labute approximate surface area is 102 Å². The van der Waals surface area contributed by atoms with Crippen LogP contribution in [0.15, 0.2) is 35.3 Å². The van der Waals surface area contributed by atoms with Crippen LogP contribution in [0.25, 0.3) is 0 Å². The van der Waals surface area contributed by atoms with Gasteiger partial charge in [0.15, 0.2) is 0 Å². The molecule has 0 radical (unpaired) electrons. The zero-order valence-corrected chi connectivity index (χ0v) is 10.5. The summed E-state index contributed by atoms with van der Waals surface area (Å²) >= 11 is 0. The summed E-state index contributed by atoms with van der Waals surface area (Å²) in [5, 5.41) is 3.49. The van der Waals surface area contributed by atoms with Crippen LogP contribution >= 0.6 is 0 Å². The van der Waals surface area contributed by atoms with Gasteiger partial charge in [-0.05, 0) is 26.3 Å². The zero-order valence-electron chi connectivity index (χ0n) is 10.5. The third kappa shape index (κ3) is 1.75. The van der Waals surface area contributed by atoms with E-state index in [-0.39, 0.29) is 11.1 Å². The van der Waals surface area contributed by atoms with Crippen molar-refractivity contribution >= 4 is 5.90 Å².